The Bertz CT molecular complexity index is 641. The molecule has 0 atom stereocenters. The number of carbonyl (C=O) groups excluding carboxylic acids is 1. The summed E-state index contributed by atoms with van der Waals surface area (Å²) < 4.78 is 6.28. The number of pyridine rings is 1. The second kappa shape index (κ2) is 5.52. The van der Waals surface area contributed by atoms with Gasteiger partial charge in [0.25, 0.3) is 5.56 Å². The molecular formula is C15H15NO3. The molecule has 0 spiro atoms. The predicted molar refractivity (Wildman–Crippen MR) is 72.3 cm³/mol. The van der Waals surface area contributed by atoms with Gasteiger partial charge in [-0.15, -0.1) is 0 Å². The van der Waals surface area contributed by atoms with Gasteiger partial charge >= 0.3 is 5.97 Å². The summed E-state index contributed by atoms with van der Waals surface area (Å²) in [6.07, 6.45) is 1.82. The molecule has 0 amide bonds. The van der Waals surface area contributed by atoms with E-state index in [2.05, 4.69) is 4.74 Å². The van der Waals surface area contributed by atoms with Gasteiger partial charge in [0.15, 0.2) is 0 Å². The van der Waals surface area contributed by atoms with Crippen LogP contribution < -0.4 is 5.56 Å². The summed E-state index contributed by atoms with van der Waals surface area (Å²) in [5, 5.41) is 0. The van der Waals surface area contributed by atoms with Crippen molar-refractivity contribution in [2.45, 2.75) is 13.5 Å². The van der Waals surface area contributed by atoms with Gasteiger partial charge in [-0.3, -0.25) is 4.79 Å². The van der Waals surface area contributed by atoms with Crippen molar-refractivity contribution >= 4 is 5.97 Å². The van der Waals surface area contributed by atoms with E-state index in [-0.39, 0.29) is 11.5 Å². The number of aryl methyl sites for hydroxylation is 1. The van der Waals surface area contributed by atoms with E-state index in [9.17, 15) is 9.59 Å². The Morgan fingerprint density at radius 2 is 1.84 bits per heavy atom. The van der Waals surface area contributed by atoms with Crippen molar-refractivity contribution in [3.8, 4) is 0 Å². The Morgan fingerprint density at radius 1 is 1.16 bits per heavy atom. The van der Waals surface area contributed by atoms with Crippen LogP contribution in [0.1, 0.15) is 21.5 Å². The Labute approximate surface area is 111 Å². The van der Waals surface area contributed by atoms with Gasteiger partial charge in [0.2, 0.25) is 0 Å². The minimum Gasteiger partial charge on any atom is -0.465 e. The van der Waals surface area contributed by atoms with Crippen LogP contribution in [0.25, 0.3) is 0 Å². The molecule has 0 aliphatic rings. The molecule has 4 nitrogen and oxygen atoms in total. The molecule has 2 rings (SSSR count). The van der Waals surface area contributed by atoms with Gasteiger partial charge in [-0.25, -0.2) is 4.79 Å². The highest BCUT2D eigenvalue weighted by Gasteiger charge is 2.05. The average Bonchev–Trinajstić information content (AvgIpc) is 2.43. The summed E-state index contributed by atoms with van der Waals surface area (Å²) in [6.45, 7) is 2.43. The largest absolute Gasteiger partial charge is 0.465 e. The minimum absolute atomic E-state index is 0.0392. The maximum absolute atomic E-state index is 11.7. The molecule has 1 aromatic heterocycles. The van der Waals surface area contributed by atoms with Crippen molar-refractivity contribution in [1.29, 1.82) is 0 Å². The zero-order valence-electron chi connectivity index (χ0n) is 10.9. The lowest BCUT2D eigenvalue weighted by molar-refractivity contribution is 0.0600. The van der Waals surface area contributed by atoms with E-state index in [1.165, 1.54) is 7.11 Å². The standard InChI is InChI=1S/C15H15NO3/c1-11-3-8-14(17)16(9-11)10-12-4-6-13(7-5-12)15(18)19-2/h3-9H,10H2,1-2H3. The lowest BCUT2D eigenvalue weighted by Crippen LogP contribution is -2.19. The molecule has 98 valence electrons. The molecule has 0 fully saturated rings. The molecule has 0 saturated heterocycles. The number of esters is 1. The minimum atomic E-state index is -0.362. The summed E-state index contributed by atoms with van der Waals surface area (Å²) in [6, 6.07) is 10.4. The summed E-state index contributed by atoms with van der Waals surface area (Å²) >= 11 is 0. The summed E-state index contributed by atoms with van der Waals surface area (Å²) in [4.78, 5) is 23.0. The maximum atomic E-state index is 11.7. The van der Waals surface area contributed by atoms with E-state index in [4.69, 9.17) is 0 Å². The van der Waals surface area contributed by atoms with Gasteiger partial charge in [0.1, 0.15) is 0 Å². The number of carbonyl (C=O) groups is 1. The SMILES string of the molecule is COC(=O)c1ccc(Cn2cc(C)ccc2=O)cc1. The molecule has 2 aromatic rings. The highest BCUT2D eigenvalue weighted by molar-refractivity contribution is 5.89. The van der Waals surface area contributed by atoms with Crippen molar-refractivity contribution in [3.05, 3.63) is 69.6 Å². The van der Waals surface area contributed by atoms with Crippen LogP contribution in [0.3, 0.4) is 0 Å². The fourth-order valence-corrected chi connectivity index (χ4v) is 1.84. The molecule has 0 aliphatic carbocycles. The van der Waals surface area contributed by atoms with Crippen molar-refractivity contribution < 1.29 is 9.53 Å². The van der Waals surface area contributed by atoms with Gasteiger partial charge in [0.05, 0.1) is 19.2 Å². The zero-order valence-corrected chi connectivity index (χ0v) is 10.9. The summed E-state index contributed by atoms with van der Waals surface area (Å²) in [5.74, 6) is -0.362. The topological polar surface area (TPSA) is 48.3 Å². The first-order valence-electron chi connectivity index (χ1n) is 5.94. The lowest BCUT2D eigenvalue weighted by Gasteiger charge is -2.07. The van der Waals surface area contributed by atoms with E-state index < -0.39 is 0 Å². The van der Waals surface area contributed by atoms with E-state index in [1.807, 2.05) is 25.3 Å². The summed E-state index contributed by atoms with van der Waals surface area (Å²) in [5.41, 5.74) is 2.46. The van der Waals surface area contributed by atoms with Crippen molar-refractivity contribution in [2.75, 3.05) is 7.11 Å². The Balaban J connectivity index is 2.22. The van der Waals surface area contributed by atoms with Crippen LogP contribution in [-0.4, -0.2) is 17.6 Å². The predicted octanol–water partition coefficient (Wildman–Crippen LogP) is 1.99. The third kappa shape index (κ3) is 3.10. The van der Waals surface area contributed by atoms with Crippen LogP contribution in [0.2, 0.25) is 0 Å². The van der Waals surface area contributed by atoms with Gasteiger partial charge in [-0.2, -0.15) is 0 Å². The Kier molecular flexibility index (Phi) is 3.80. The van der Waals surface area contributed by atoms with Crippen molar-refractivity contribution in [1.82, 2.24) is 4.57 Å². The van der Waals surface area contributed by atoms with E-state index in [0.29, 0.717) is 12.1 Å². The number of hydrogen-bond acceptors (Lipinski definition) is 3. The second-order valence-electron chi connectivity index (χ2n) is 4.36. The second-order valence-corrected chi connectivity index (χ2v) is 4.36. The van der Waals surface area contributed by atoms with Crippen LogP contribution in [0, 0.1) is 6.92 Å². The van der Waals surface area contributed by atoms with Crippen LogP contribution in [0.15, 0.2) is 47.4 Å². The molecule has 0 saturated carbocycles. The Morgan fingerprint density at radius 3 is 2.47 bits per heavy atom. The Hall–Kier alpha value is -2.36. The van der Waals surface area contributed by atoms with Crippen LogP contribution in [-0.2, 0) is 11.3 Å². The number of nitrogens with zero attached hydrogens (tertiary/aromatic N) is 1. The fraction of sp³-hybridized carbons (Fsp3) is 0.200. The first-order valence-corrected chi connectivity index (χ1v) is 5.94. The van der Waals surface area contributed by atoms with E-state index in [0.717, 1.165) is 11.1 Å². The quantitative estimate of drug-likeness (QED) is 0.790. The summed E-state index contributed by atoms with van der Waals surface area (Å²) in [7, 11) is 1.35. The van der Waals surface area contributed by atoms with Gasteiger partial charge in [-0.1, -0.05) is 18.2 Å². The van der Waals surface area contributed by atoms with E-state index in [1.54, 1.807) is 28.8 Å². The number of hydrogen-bond donors (Lipinski definition) is 0. The number of rotatable bonds is 3. The molecule has 0 radical (unpaired) electrons. The molecule has 4 heteroatoms. The number of methoxy groups -OCH3 is 1. The molecule has 1 heterocycles. The fourth-order valence-electron chi connectivity index (χ4n) is 1.84. The molecular weight excluding hydrogens is 242 g/mol. The first kappa shape index (κ1) is 13.1. The average molecular weight is 257 g/mol. The maximum Gasteiger partial charge on any atom is 0.337 e. The molecule has 19 heavy (non-hydrogen) atoms. The third-order valence-electron chi connectivity index (χ3n) is 2.86. The van der Waals surface area contributed by atoms with Crippen molar-refractivity contribution in [2.24, 2.45) is 0 Å². The number of aromatic nitrogens is 1. The molecule has 0 aliphatic heterocycles. The van der Waals surface area contributed by atoms with Crippen molar-refractivity contribution in [3.63, 3.8) is 0 Å². The molecule has 0 unspecified atom stereocenters. The molecule has 1 aromatic carbocycles. The van der Waals surface area contributed by atoms with Gasteiger partial charge in [-0.05, 0) is 30.2 Å². The molecule has 0 N–H and O–H groups in total. The van der Waals surface area contributed by atoms with Crippen LogP contribution in [0.5, 0.6) is 0 Å². The molecule has 0 bridgehead atoms. The smallest absolute Gasteiger partial charge is 0.337 e. The number of ether oxygens (including phenoxy) is 1. The zero-order chi connectivity index (χ0) is 13.8. The van der Waals surface area contributed by atoms with Gasteiger partial charge in [0, 0.05) is 12.3 Å². The lowest BCUT2D eigenvalue weighted by atomic mass is 10.1. The number of benzene rings is 1. The van der Waals surface area contributed by atoms with Crippen LogP contribution >= 0.6 is 0 Å². The monoisotopic (exact) mass is 257 g/mol. The first-order chi connectivity index (χ1) is 9.10. The van der Waals surface area contributed by atoms with E-state index >= 15 is 0 Å². The van der Waals surface area contributed by atoms with Crippen LogP contribution in [0.4, 0.5) is 0 Å². The highest BCUT2D eigenvalue weighted by atomic mass is 16.5. The third-order valence-corrected chi connectivity index (χ3v) is 2.86. The van der Waals surface area contributed by atoms with Gasteiger partial charge < -0.3 is 9.30 Å². The normalized spacial score (nSPS) is 10.2. The highest BCUT2D eigenvalue weighted by Crippen LogP contribution is 2.07.